The van der Waals surface area contributed by atoms with Crippen LogP contribution in [-0.4, -0.2) is 34.6 Å². The van der Waals surface area contributed by atoms with E-state index < -0.39 is 12.2 Å². The van der Waals surface area contributed by atoms with E-state index in [1.165, 1.54) is 12.1 Å². The Kier molecular flexibility index (Phi) is 7.47. The summed E-state index contributed by atoms with van der Waals surface area (Å²) in [4.78, 5) is 12.9. The molecule has 1 heterocycles. The average molecular weight is 504 g/mol. The van der Waals surface area contributed by atoms with Gasteiger partial charge in [-0.3, -0.25) is 9.53 Å². The number of nitrogens with one attached hydrogen (secondary N) is 1. The van der Waals surface area contributed by atoms with Gasteiger partial charge < -0.3 is 9.73 Å². The van der Waals surface area contributed by atoms with Crippen LogP contribution in [0.1, 0.15) is 57.3 Å². The van der Waals surface area contributed by atoms with Gasteiger partial charge in [-0.1, -0.05) is 11.6 Å². The lowest BCUT2D eigenvalue weighted by atomic mass is 9.72. The molecule has 2 aliphatic carbocycles. The van der Waals surface area contributed by atoms with E-state index in [9.17, 15) is 22.4 Å². The number of carbonyl (C=O) groups excluding carboxylic acids is 1. The highest BCUT2D eigenvalue weighted by Crippen LogP contribution is 2.38. The molecule has 0 bridgehead atoms. The van der Waals surface area contributed by atoms with Crippen LogP contribution in [0.3, 0.4) is 0 Å². The van der Waals surface area contributed by atoms with Crippen molar-refractivity contribution < 1.29 is 31.5 Å². The molecule has 1 N–H and O–H groups in total. The van der Waals surface area contributed by atoms with E-state index >= 15 is 0 Å². The quantitative estimate of drug-likeness (QED) is 0.458. The van der Waals surface area contributed by atoms with Crippen LogP contribution in [0.25, 0.3) is 11.5 Å². The molecule has 6 nitrogen and oxygen atoms in total. The Bertz CT molecular complexity index is 1000. The molecular weight excluding hydrogens is 478 g/mol. The van der Waals surface area contributed by atoms with Gasteiger partial charge in [0.25, 0.3) is 0 Å². The summed E-state index contributed by atoms with van der Waals surface area (Å²) in [5, 5.41) is 11.2. The van der Waals surface area contributed by atoms with Crippen LogP contribution in [0.4, 0.5) is 17.6 Å². The van der Waals surface area contributed by atoms with Crippen molar-refractivity contribution in [1.82, 2.24) is 15.5 Å². The first kappa shape index (κ1) is 24.9. The molecule has 34 heavy (non-hydrogen) atoms. The van der Waals surface area contributed by atoms with E-state index in [1.54, 1.807) is 6.07 Å². The van der Waals surface area contributed by atoms with Crippen molar-refractivity contribution in [2.45, 2.75) is 69.7 Å². The zero-order chi connectivity index (χ0) is 24.3. The lowest BCUT2D eigenvalue weighted by Gasteiger charge is -2.44. The minimum absolute atomic E-state index is 0.00860. The third-order valence-corrected chi connectivity index (χ3v) is 7.16. The van der Waals surface area contributed by atoms with Gasteiger partial charge in [0.1, 0.15) is 5.82 Å². The van der Waals surface area contributed by atoms with Gasteiger partial charge in [0, 0.05) is 23.4 Å². The Balaban J connectivity index is 1.27. The number of hydrogen-bond acceptors (Lipinski definition) is 5. The maximum atomic E-state index is 13.7. The Morgan fingerprint density at radius 1 is 1.21 bits per heavy atom. The molecule has 4 rings (SSSR count). The average Bonchev–Trinajstić information content (AvgIpc) is 3.25. The molecule has 2 aliphatic rings. The van der Waals surface area contributed by atoms with Gasteiger partial charge in [-0.25, -0.2) is 4.39 Å². The fourth-order valence-electron chi connectivity index (χ4n) is 4.65. The van der Waals surface area contributed by atoms with Crippen LogP contribution in [0, 0.1) is 17.7 Å². The van der Waals surface area contributed by atoms with Gasteiger partial charge in [-0.05, 0) is 75.5 Å². The lowest BCUT2D eigenvalue weighted by Crippen LogP contribution is -2.55. The fraction of sp³-hybridized carbons (Fsp3) is 0.609. The summed E-state index contributed by atoms with van der Waals surface area (Å²) in [7, 11) is 0. The van der Waals surface area contributed by atoms with Crippen LogP contribution < -0.4 is 5.32 Å². The third-order valence-electron chi connectivity index (χ3n) is 6.85. The largest absolute Gasteiger partial charge is 0.522 e. The SMILES string of the molecule is O=C(NC1(CCc2nnc(-c3ccc(Cl)c(F)c3)o2)CCC1)C1CCC(COC(F)(F)F)CC1. The predicted molar refractivity (Wildman–Crippen MR) is 115 cm³/mol. The van der Waals surface area contributed by atoms with Crippen molar-refractivity contribution in [3.8, 4) is 11.5 Å². The van der Waals surface area contributed by atoms with Crippen molar-refractivity contribution in [3.63, 3.8) is 0 Å². The second kappa shape index (κ2) is 10.2. The number of carbonyl (C=O) groups is 1. The molecular formula is C23H26ClF4N3O3. The Morgan fingerprint density at radius 3 is 2.56 bits per heavy atom. The topological polar surface area (TPSA) is 77.3 Å². The summed E-state index contributed by atoms with van der Waals surface area (Å²) < 4.78 is 60.0. The molecule has 1 amide bonds. The standard InChI is InChI=1S/C23H26ClF4N3O3/c24-17-7-6-16(12-18(17)25)21-31-30-19(34-21)8-11-22(9-1-10-22)29-20(32)15-4-2-14(3-5-15)13-33-23(26,27)28/h6-7,12,14-15H,1-5,8-11,13H2,(H,29,32). The van der Waals surface area contributed by atoms with Gasteiger partial charge in [0.15, 0.2) is 0 Å². The van der Waals surface area contributed by atoms with E-state index in [-0.39, 0.29) is 40.8 Å². The van der Waals surface area contributed by atoms with E-state index in [0.29, 0.717) is 50.0 Å². The van der Waals surface area contributed by atoms with Crippen LogP contribution >= 0.6 is 11.6 Å². The number of hydrogen-bond donors (Lipinski definition) is 1. The number of benzene rings is 1. The van der Waals surface area contributed by atoms with Gasteiger partial charge in [0.2, 0.25) is 17.7 Å². The number of halogens is 5. The number of nitrogens with zero attached hydrogens (tertiary/aromatic N) is 2. The predicted octanol–water partition coefficient (Wildman–Crippen LogP) is 5.84. The number of ether oxygens (including phenoxy) is 1. The molecule has 1 aromatic heterocycles. The zero-order valence-electron chi connectivity index (χ0n) is 18.5. The van der Waals surface area contributed by atoms with Crippen molar-refractivity contribution >= 4 is 17.5 Å². The Morgan fingerprint density at radius 2 is 1.94 bits per heavy atom. The summed E-state index contributed by atoms with van der Waals surface area (Å²) >= 11 is 5.71. The van der Waals surface area contributed by atoms with Crippen molar-refractivity contribution in [1.29, 1.82) is 0 Å². The van der Waals surface area contributed by atoms with Gasteiger partial charge in [0.05, 0.1) is 11.6 Å². The second-order valence-electron chi connectivity index (χ2n) is 9.23. The molecule has 2 aromatic rings. The molecule has 0 spiro atoms. The molecule has 2 saturated carbocycles. The third kappa shape index (κ3) is 6.27. The van der Waals surface area contributed by atoms with Crippen molar-refractivity contribution in [2.24, 2.45) is 11.8 Å². The van der Waals surface area contributed by atoms with Crippen LogP contribution in [0.5, 0.6) is 0 Å². The summed E-state index contributed by atoms with van der Waals surface area (Å²) in [6.45, 7) is -0.351. The van der Waals surface area contributed by atoms with E-state index in [2.05, 4.69) is 20.3 Å². The molecule has 0 radical (unpaired) electrons. The number of alkyl halides is 3. The first-order valence-corrected chi connectivity index (χ1v) is 11.8. The molecule has 186 valence electrons. The smallest absolute Gasteiger partial charge is 0.421 e. The number of aromatic nitrogens is 2. The highest BCUT2D eigenvalue weighted by atomic mass is 35.5. The molecule has 2 fully saturated rings. The Hall–Kier alpha value is -2.20. The lowest BCUT2D eigenvalue weighted by molar-refractivity contribution is -0.329. The summed E-state index contributed by atoms with van der Waals surface area (Å²) in [5.74, 6) is -0.395. The maximum Gasteiger partial charge on any atom is 0.522 e. The van der Waals surface area contributed by atoms with Gasteiger partial charge in [-0.15, -0.1) is 23.4 Å². The normalized spacial score (nSPS) is 22.3. The first-order chi connectivity index (χ1) is 16.1. The molecule has 0 aliphatic heterocycles. The molecule has 1 aromatic carbocycles. The minimum Gasteiger partial charge on any atom is -0.421 e. The number of aryl methyl sites for hydroxylation is 1. The fourth-order valence-corrected chi connectivity index (χ4v) is 4.77. The molecule has 11 heteroatoms. The van der Waals surface area contributed by atoms with Crippen molar-refractivity contribution in [2.75, 3.05) is 6.61 Å². The first-order valence-electron chi connectivity index (χ1n) is 11.4. The minimum atomic E-state index is -4.62. The van der Waals surface area contributed by atoms with Gasteiger partial charge in [-0.2, -0.15) is 0 Å². The highest BCUT2D eigenvalue weighted by Gasteiger charge is 2.40. The van der Waals surface area contributed by atoms with Crippen LogP contribution in [0.2, 0.25) is 5.02 Å². The molecule has 0 atom stereocenters. The van der Waals surface area contributed by atoms with E-state index in [1.807, 2.05) is 0 Å². The molecule has 0 saturated heterocycles. The van der Waals surface area contributed by atoms with Gasteiger partial charge >= 0.3 is 6.36 Å². The Labute approximate surface area is 199 Å². The van der Waals surface area contributed by atoms with Crippen LogP contribution in [-0.2, 0) is 16.0 Å². The maximum absolute atomic E-state index is 13.7. The monoisotopic (exact) mass is 503 g/mol. The van der Waals surface area contributed by atoms with E-state index in [4.69, 9.17) is 16.0 Å². The number of rotatable bonds is 8. The highest BCUT2D eigenvalue weighted by molar-refractivity contribution is 6.30. The summed E-state index contributed by atoms with van der Waals surface area (Å²) in [6, 6.07) is 4.25. The summed E-state index contributed by atoms with van der Waals surface area (Å²) in [6.07, 6.45) is 1.35. The number of amides is 1. The van der Waals surface area contributed by atoms with Crippen LogP contribution in [0.15, 0.2) is 22.6 Å². The molecule has 0 unspecified atom stereocenters. The second-order valence-corrected chi connectivity index (χ2v) is 9.63. The zero-order valence-corrected chi connectivity index (χ0v) is 19.2. The van der Waals surface area contributed by atoms with E-state index in [0.717, 1.165) is 19.3 Å². The summed E-state index contributed by atoms with van der Waals surface area (Å²) in [5.41, 5.74) is 0.0949. The van der Waals surface area contributed by atoms with Crippen molar-refractivity contribution in [3.05, 3.63) is 34.9 Å².